The van der Waals surface area contributed by atoms with E-state index in [-0.39, 0.29) is 5.41 Å². The fraction of sp³-hybridized carbons (Fsp3) is 0.759. The molecule has 2 aliphatic rings. The monoisotopic (exact) mass is 407 g/mol. The summed E-state index contributed by atoms with van der Waals surface area (Å²) in [5, 5.41) is 9.79. The quantitative estimate of drug-likeness (QED) is 0.355. The number of nitriles is 1. The molecule has 0 aliphatic heterocycles. The average Bonchev–Trinajstić information content (AvgIpc) is 2.80. The van der Waals surface area contributed by atoms with Crippen molar-refractivity contribution in [1.29, 1.82) is 5.26 Å². The Kier molecular flexibility index (Phi) is 9.29. The SMILES string of the molecule is CCCCCC1(C#N)CCC(c2ccc(CCC3CCC(CCC)CC3)cc2)CC1. The van der Waals surface area contributed by atoms with Gasteiger partial charge in [-0.25, -0.2) is 0 Å². The summed E-state index contributed by atoms with van der Waals surface area (Å²) in [6, 6.07) is 12.3. The summed E-state index contributed by atoms with van der Waals surface area (Å²) >= 11 is 0. The van der Waals surface area contributed by atoms with Crippen LogP contribution in [0.5, 0.6) is 0 Å². The lowest BCUT2D eigenvalue weighted by atomic mass is 9.67. The Bertz CT molecular complexity index is 636. The zero-order valence-corrected chi connectivity index (χ0v) is 19.8. The van der Waals surface area contributed by atoms with Crippen LogP contribution in [0.25, 0.3) is 0 Å². The van der Waals surface area contributed by atoms with Crippen molar-refractivity contribution in [3.63, 3.8) is 0 Å². The molecule has 0 radical (unpaired) electrons. The second kappa shape index (κ2) is 11.9. The summed E-state index contributed by atoms with van der Waals surface area (Å²) in [7, 11) is 0. The van der Waals surface area contributed by atoms with Crippen molar-refractivity contribution >= 4 is 0 Å². The third kappa shape index (κ3) is 6.60. The van der Waals surface area contributed by atoms with Crippen LogP contribution < -0.4 is 0 Å². The first-order chi connectivity index (χ1) is 14.7. The Morgan fingerprint density at radius 3 is 2.03 bits per heavy atom. The Hall–Kier alpha value is -1.29. The molecule has 3 rings (SSSR count). The molecular weight excluding hydrogens is 362 g/mol. The second-order valence-corrected chi connectivity index (χ2v) is 10.6. The fourth-order valence-electron chi connectivity index (χ4n) is 6.18. The van der Waals surface area contributed by atoms with E-state index in [1.807, 2.05) is 0 Å². The van der Waals surface area contributed by atoms with Gasteiger partial charge in [-0.1, -0.05) is 95.9 Å². The van der Waals surface area contributed by atoms with Gasteiger partial charge in [0, 0.05) is 0 Å². The van der Waals surface area contributed by atoms with Crippen LogP contribution in [-0.2, 0) is 6.42 Å². The van der Waals surface area contributed by atoms with Gasteiger partial charge in [-0.05, 0) is 73.8 Å². The van der Waals surface area contributed by atoms with Gasteiger partial charge in [0.2, 0.25) is 0 Å². The van der Waals surface area contributed by atoms with E-state index in [9.17, 15) is 5.26 Å². The normalized spacial score (nSPS) is 29.4. The average molecular weight is 408 g/mol. The third-order valence-corrected chi connectivity index (χ3v) is 8.39. The van der Waals surface area contributed by atoms with Gasteiger partial charge in [0.25, 0.3) is 0 Å². The third-order valence-electron chi connectivity index (χ3n) is 8.39. The predicted octanol–water partition coefficient (Wildman–Crippen LogP) is 8.97. The van der Waals surface area contributed by atoms with Gasteiger partial charge in [0.15, 0.2) is 0 Å². The van der Waals surface area contributed by atoms with E-state index >= 15 is 0 Å². The summed E-state index contributed by atoms with van der Waals surface area (Å²) in [4.78, 5) is 0. The highest BCUT2D eigenvalue weighted by atomic mass is 14.4. The summed E-state index contributed by atoms with van der Waals surface area (Å²) in [6.07, 6.45) is 20.8. The lowest BCUT2D eigenvalue weighted by Gasteiger charge is -2.35. The van der Waals surface area contributed by atoms with E-state index in [0.717, 1.165) is 31.1 Å². The number of rotatable bonds is 10. The molecule has 0 amide bonds. The fourth-order valence-corrected chi connectivity index (χ4v) is 6.18. The van der Waals surface area contributed by atoms with Gasteiger partial charge in [-0.3, -0.25) is 0 Å². The summed E-state index contributed by atoms with van der Waals surface area (Å²) < 4.78 is 0. The van der Waals surface area contributed by atoms with E-state index in [1.165, 1.54) is 94.6 Å². The molecule has 0 bridgehead atoms. The summed E-state index contributed by atoms with van der Waals surface area (Å²) in [5.41, 5.74) is 3.01. The van der Waals surface area contributed by atoms with Gasteiger partial charge in [-0.2, -0.15) is 5.26 Å². The first-order valence-electron chi connectivity index (χ1n) is 13.2. The molecule has 1 nitrogen and oxygen atoms in total. The van der Waals surface area contributed by atoms with E-state index < -0.39 is 0 Å². The predicted molar refractivity (Wildman–Crippen MR) is 129 cm³/mol. The smallest absolute Gasteiger partial charge is 0.0689 e. The molecule has 1 heteroatoms. The van der Waals surface area contributed by atoms with Gasteiger partial charge in [0.1, 0.15) is 0 Å². The minimum atomic E-state index is -0.0260. The molecule has 0 N–H and O–H groups in total. The molecular formula is C29H45N. The minimum absolute atomic E-state index is 0.0260. The van der Waals surface area contributed by atoms with E-state index in [2.05, 4.69) is 44.2 Å². The molecule has 30 heavy (non-hydrogen) atoms. The van der Waals surface area contributed by atoms with E-state index in [0.29, 0.717) is 5.92 Å². The zero-order chi connectivity index (χ0) is 21.2. The highest BCUT2D eigenvalue weighted by molar-refractivity contribution is 5.26. The van der Waals surface area contributed by atoms with Gasteiger partial charge in [-0.15, -0.1) is 0 Å². The minimum Gasteiger partial charge on any atom is -0.198 e. The van der Waals surface area contributed by atoms with E-state index in [1.54, 1.807) is 0 Å². The van der Waals surface area contributed by atoms with Crippen LogP contribution in [0.1, 0.15) is 127 Å². The molecule has 0 saturated heterocycles. The maximum absolute atomic E-state index is 9.79. The molecule has 0 atom stereocenters. The molecule has 2 saturated carbocycles. The Morgan fingerprint density at radius 1 is 0.833 bits per heavy atom. The molecule has 1 aromatic carbocycles. The Balaban J connectivity index is 1.42. The van der Waals surface area contributed by atoms with Crippen LogP contribution >= 0.6 is 0 Å². The number of hydrogen-bond acceptors (Lipinski definition) is 1. The lowest BCUT2D eigenvalue weighted by Crippen LogP contribution is -2.25. The van der Waals surface area contributed by atoms with Crippen LogP contribution in [0.15, 0.2) is 24.3 Å². The number of hydrogen-bond donors (Lipinski definition) is 0. The first-order valence-corrected chi connectivity index (χ1v) is 13.2. The number of aryl methyl sites for hydroxylation is 1. The van der Waals surface area contributed by atoms with Gasteiger partial charge < -0.3 is 0 Å². The molecule has 166 valence electrons. The summed E-state index contributed by atoms with van der Waals surface area (Å²) in [6.45, 7) is 4.58. The van der Waals surface area contributed by atoms with Gasteiger partial charge in [0.05, 0.1) is 11.5 Å². The summed E-state index contributed by atoms with van der Waals surface area (Å²) in [5.74, 6) is 2.65. The van der Waals surface area contributed by atoms with Crippen molar-refractivity contribution < 1.29 is 0 Å². The molecule has 0 heterocycles. The van der Waals surface area contributed by atoms with Crippen molar-refractivity contribution in [3.05, 3.63) is 35.4 Å². The largest absolute Gasteiger partial charge is 0.198 e. The molecule has 0 aromatic heterocycles. The maximum Gasteiger partial charge on any atom is 0.0689 e. The van der Waals surface area contributed by atoms with Crippen LogP contribution in [0.2, 0.25) is 0 Å². The maximum atomic E-state index is 9.79. The number of unbranched alkanes of at least 4 members (excludes halogenated alkanes) is 2. The number of nitrogens with zero attached hydrogens (tertiary/aromatic N) is 1. The van der Waals surface area contributed by atoms with E-state index in [4.69, 9.17) is 0 Å². The van der Waals surface area contributed by atoms with Crippen LogP contribution in [-0.4, -0.2) is 0 Å². The highest BCUT2D eigenvalue weighted by Crippen LogP contribution is 2.45. The Labute approximate surface area is 186 Å². The molecule has 0 unspecified atom stereocenters. The molecule has 2 fully saturated rings. The van der Waals surface area contributed by atoms with Gasteiger partial charge >= 0.3 is 0 Å². The van der Waals surface area contributed by atoms with Crippen LogP contribution in [0.3, 0.4) is 0 Å². The lowest BCUT2D eigenvalue weighted by molar-refractivity contribution is 0.223. The second-order valence-electron chi connectivity index (χ2n) is 10.6. The highest BCUT2D eigenvalue weighted by Gasteiger charge is 2.35. The van der Waals surface area contributed by atoms with Crippen molar-refractivity contribution in [2.75, 3.05) is 0 Å². The van der Waals surface area contributed by atoms with Crippen molar-refractivity contribution in [1.82, 2.24) is 0 Å². The zero-order valence-electron chi connectivity index (χ0n) is 19.8. The van der Waals surface area contributed by atoms with Crippen molar-refractivity contribution in [2.24, 2.45) is 17.3 Å². The van der Waals surface area contributed by atoms with Crippen LogP contribution in [0, 0.1) is 28.6 Å². The van der Waals surface area contributed by atoms with Crippen molar-refractivity contribution in [3.8, 4) is 6.07 Å². The first kappa shape index (κ1) is 23.4. The molecule has 2 aliphatic carbocycles. The number of benzene rings is 1. The topological polar surface area (TPSA) is 23.8 Å². The van der Waals surface area contributed by atoms with Crippen molar-refractivity contribution in [2.45, 2.75) is 122 Å². The standard InChI is InChI=1S/C29H45N/c1-3-5-6-20-29(23-30)21-18-28(19-22-29)27-16-14-26(15-17-27)13-12-25-10-8-24(7-4-2)9-11-25/h14-17,24-25,28H,3-13,18-22H2,1-2H3. The Morgan fingerprint density at radius 2 is 1.47 bits per heavy atom. The van der Waals surface area contributed by atoms with Crippen LogP contribution in [0.4, 0.5) is 0 Å². The molecule has 1 aromatic rings. The molecule has 0 spiro atoms.